The summed E-state index contributed by atoms with van der Waals surface area (Å²) in [4.78, 5) is 8.82. The average Bonchev–Trinajstić information content (AvgIpc) is 1.99. The zero-order valence-corrected chi connectivity index (χ0v) is 10.8. The minimum absolute atomic E-state index is 0.234. The lowest BCUT2D eigenvalue weighted by atomic mass is 10.3. The van der Waals surface area contributed by atoms with Gasteiger partial charge in [-0.05, 0) is 6.42 Å². The lowest BCUT2D eigenvalue weighted by Gasteiger charge is -2.23. The first-order valence-corrected chi connectivity index (χ1v) is 5.47. The van der Waals surface area contributed by atoms with Gasteiger partial charge in [0.1, 0.15) is 4.95 Å². The quantitative estimate of drug-likeness (QED) is 0.330. The highest BCUT2D eigenvalue weighted by molar-refractivity contribution is 9.09. The van der Waals surface area contributed by atoms with E-state index in [4.69, 9.17) is 0 Å². The zero-order valence-electron chi connectivity index (χ0n) is 9.21. The fraction of sp³-hybridized carbons (Fsp3) is 0.889. The zero-order chi connectivity index (χ0) is 10.4. The molecule has 0 saturated carbocycles. The lowest BCUT2D eigenvalue weighted by Crippen LogP contribution is -2.36. The fourth-order valence-corrected chi connectivity index (χ4v) is 1.70. The first-order valence-electron chi connectivity index (χ1n) is 4.55. The summed E-state index contributed by atoms with van der Waals surface area (Å²) >= 11 is 3.53. The van der Waals surface area contributed by atoms with Crippen LogP contribution in [0.5, 0.6) is 0 Å². The van der Waals surface area contributed by atoms with Gasteiger partial charge in [-0.15, -0.1) is 0 Å². The van der Waals surface area contributed by atoms with Gasteiger partial charge in [0, 0.05) is 28.2 Å². The molecule has 0 rings (SSSR count). The van der Waals surface area contributed by atoms with Crippen molar-refractivity contribution in [3.8, 4) is 0 Å². The number of nitrogens with zero attached hydrogens (tertiary/aromatic N) is 3. The standard InChI is InChI=1S/C9H20BrN3/c1-6-7-8(10)11-9(12(2)3)13(4)5/h8H,6-7H2,1-5H3. The van der Waals surface area contributed by atoms with Gasteiger partial charge in [0.05, 0.1) is 0 Å². The maximum absolute atomic E-state index is 4.55. The van der Waals surface area contributed by atoms with Crippen LogP contribution in [0.25, 0.3) is 0 Å². The van der Waals surface area contributed by atoms with Crippen LogP contribution in [0.4, 0.5) is 0 Å². The Kier molecular flexibility index (Phi) is 6.12. The van der Waals surface area contributed by atoms with Gasteiger partial charge in [-0.2, -0.15) is 0 Å². The Morgan fingerprint density at radius 1 is 1.23 bits per heavy atom. The summed E-state index contributed by atoms with van der Waals surface area (Å²) in [6, 6.07) is 0. The van der Waals surface area contributed by atoms with E-state index in [2.05, 4.69) is 27.8 Å². The van der Waals surface area contributed by atoms with Crippen LogP contribution in [0.1, 0.15) is 19.8 Å². The second-order valence-electron chi connectivity index (χ2n) is 3.44. The number of alkyl halides is 1. The Morgan fingerprint density at radius 2 is 1.69 bits per heavy atom. The van der Waals surface area contributed by atoms with E-state index in [1.807, 2.05) is 38.0 Å². The van der Waals surface area contributed by atoms with Gasteiger partial charge in [0.2, 0.25) is 0 Å². The van der Waals surface area contributed by atoms with Crippen molar-refractivity contribution in [3.63, 3.8) is 0 Å². The first kappa shape index (κ1) is 12.8. The van der Waals surface area contributed by atoms with E-state index < -0.39 is 0 Å². The molecule has 0 heterocycles. The van der Waals surface area contributed by atoms with Gasteiger partial charge in [-0.25, -0.2) is 4.99 Å². The summed E-state index contributed by atoms with van der Waals surface area (Å²) in [5, 5.41) is 0. The fourth-order valence-electron chi connectivity index (χ4n) is 1.06. The maximum Gasteiger partial charge on any atom is 0.196 e. The van der Waals surface area contributed by atoms with E-state index >= 15 is 0 Å². The van der Waals surface area contributed by atoms with Crippen LogP contribution in [0.2, 0.25) is 0 Å². The predicted octanol–water partition coefficient (Wildman–Crippen LogP) is 1.99. The Bertz CT molecular complexity index is 156. The Hall–Kier alpha value is -0.250. The molecule has 0 aromatic carbocycles. The third kappa shape index (κ3) is 5.13. The molecule has 0 saturated heterocycles. The molecule has 0 fully saturated rings. The summed E-state index contributed by atoms with van der Waals surface area (Å²) in [7, 11) is 8.02. The second-order valence-corrected chi connectivity index (χ2v) is 4.50. The van der Waals surface area contributed by atoms with Gasteiger partial charge in [-0.1, -0.05) is 29.3 Å². The van der Waals surface area contributed by atoms with Gasteiger partial charge < -0.3 is 9.80 Å². The van der Waals surface area contributed by atoms with Crippen molar-refractivity contribution in [2.75, 3.05) is 28.2 Å². The first-order chi connectivity index (χ1) is 5.99. The van der Waals surface area contributed by atoms with Crippen LogP contribution in [-0.2, 0) is 0 Å². The summed E-state index contributed by atoms with van der Waals surface area (Å²) in [5.41, 5.74) is 0. The lowest BCUT2D eigenvalue weighted by molar-refractivity contribution is 0.477. The minimum atomic E-state index is 0.234. The van der Waals surface area contributed by atoms with E-state index in [0.29, 0.717) is 0 Å². The van der Waals surface area contributed by atoms with Crippen LogP contribution in [0, 0.1) is 0 Å². The van der Waals surface area contributed by atoms with E-state index in [0.717, 1.165) is 18.8 Å². The number of hydrogen-bond acceptors (Lipinski definition) is 1. The molecule has 4 heteroatoms. The van der Waals surface area contributed by atoms with E-state index in [1.54, 1.807) is 0 Å². The van der Waals surface area contributed by atoms with Crippen molar-refractivity contribution in [2.24, 2.45) is 4.99 Å². The molecule has 0 aromatic heterocycles. The molecule has 0 bridgehead atoms. The van der Waals surface area contributed by atoms with Crippen LogP contribution in [-0.4, -0.2) is 48.9 Å². The predicted molar refractivity (Wildman–Crippen MR) is 62.4 cm³/mol. The molecular weight excluding hydrogens is 230 g/mol. The number of aliphatic imine (C=N–C) groups is 1. The van der Waals surface area contributed by atoms with Crippen molar-refractivity contribution in [1.82, 2.24) is 9.80 Å². The minimum Gasteiger partial charge on any atom is -0.349 e. The second kappa shape index (κ2) is 6.24. The molecule has 0 N–H and O–H groups in total. The van der Waals surface area contributed by atoms with E-state index in [1.165, 1.54) is 0 Å². The molecule has 1 unspecified atom stereocenters. The number of hydrogen-bond donors (Lipinski definition) is 0. The van der Waals surface area contributed by atoms with Gasteiger partial charge in [0.15, 0.2) is 5.96 Å². The monoisotopic (exact) mass is 249 g/mol. The highest BCUT2D eigenvalue weighted by Gasteiger charge is 2.07. The van der Waals surface area contributed by atoms with Crippen molar-refractivity contribution in [2.45, 2.75) is 24.7 Å². The van der Waals surface area contributed by atoms with Crippen LogP contribution in [0.15, 0.2) is 4.99 Å². The van der Waals surface area contributed by atoms with E-state index in [9.17, 15) is 0 Å². The molecule has 0 radical (unpaired) electrons. The van der Waals surface area contributed by atoms with Gasteiger partial charge >= 0.3 is 0 Å². The molecule has 3 nitrogen and oxygen atoms in total. The average molecular weight is 250 g/mol. The number of rotatable bonds is 3. The Balaban J connectivity index is 4.34. The summed E-state index contributed by atoms with van der Waals surface area (Å²) < 4.78 is 0. The molecule has 0 aromatic rings. The van der Waals surface area contributed by atoms with Crippen LogP contribution >= 0.6 is 15.9 Å². The molecule has 0 aliphatic rings. The molecule has 0 spiro atoms. The van der Waals surface area contributed by atoms with Gasteiger partial charge in [-0.3, -0.25) is 0 Å². The Morgan fingerprint density at radius 3 is 2.00 bits per heavy atom. The van der Waals surface area contributed by atoms with Crippen LogP contribution in [0.3, 0.4) is 0 Å². The van der Waals surface area contributed by atoms with E-state index in [-0.39, 0.29) is 4.95 Å². The van der Waals surface area contributed by atoms with Crippen LogP contribution < -0.4 is 0 Å². The molecule has 13 heavy (non-hydrogen) atoms. The Labute approximate surface area is 89.9 Å². The third-order valence-corrected chi connectivity index (χ3v) is 2.25. The van der Waals surface area contributed by atoms with Crippen molar-refractivity contribution in [3.05, 3.63) is 0 Å². The number of guanidine groups is 1. The highest BCUT2D eigenvalue weighted by atomic mass is 79.9. The maximum atomic E-state index is 4.55. The van der Waals surface area contributed by atoms with Crippen molar-refractivity contribution < 1.29 is 0 Å². The van der Waals surface area contributed by atoms with Crippen molar-refractivity contribution in [1.29, 1.82) is 0 Å². The SMILES string of the molecule is CCCC(Br)N=C(N(C)C)N(C)C. The molecule has 0 aliphatic heterocycles. The normalized spacial score (nSPS) is 12.2. The summed E-state index contributed by atoms with van der Waals surface area (Å²) in [6.45, 7) is 2.16. The number of halogens is 1. The molecule has 78 valence electrons. The molecule has 0 aliphatic carbocycles. The summed E-state index contributed by atoms with van der Waals surface area (Å²) in [6.07, 6.45) is 2.22. The smallest absolute Gasteiger partial charge is 0.196 e. The van der Waals surface area contributed by atoms with Gasteiger partial charge in [0.25, 0.3) is 0 Å². The topological polar surface area (TPSA) is 18.8 Å². The third-order valence-electron chi connectivity index (χ3n) is 1.58. The molecule has 0 amide bonds. The largest absolute Gasteiger partial charge is 0.349 e. The summed E-state index contributed by atoms with van der Waals surface area (Å²) in [5.74, 6) is 0.996. The highest BCUT2D eigenvalue weighted by Crippen LogP contribution is 2.10. The van der Waals surface area contributed by atoms with Crippen molar-refractivity contribution >= 4 is 21.9 Å². The molecular formula is C9H20BrN3. The molecule has 1 atom stereocenters.